The van der Waals surface area contributed by atoms with E-state index in [1.165, 1.54) is 77.7 Å². The number of aliphatic hydroxyl groups is 1. The smallest absolute Gasteiger partial charge is 0.338 e. The normalized spacial score (nSPS) is 16.7. The highest BCUT2D eigenvalue weighted by molar-refractivity contribution is 6.51. The van der Waals surface area contributed by atoms with E-state index in [0.29, 0.717) is 10.6 Å². The molecule has 1 saturated heterocycles. The lowest BCUT2D eigenvalue weighted by Gasteiger charge is -2.25. The number of carbonyl (C=O) groups excluding carboxylic acids is 3. The molecule has 36 heavy (non-hydrogen) atoms. The highest BCUT2D eigenvalue weighted by Crippen LogP contribution is 2.42. The molecule has 0 bridgehead atoms. The van der Waals surface area contributed by atoms with Gasteiger partial charge in [-0.05, 0) is 73.2 Å². The second kappa shape index (κ2) is 10.0. The number of non-ortho nitro benzene ring substituents is 1. The number of anilines is 1. The first kappa shape index (κ1) is 24.6. The van der Waals surface area contributed by atoms with Gasteiger partial charge in [-0.3, -0.25) is 24.6 Å². The fraction of sp³-hybridized carbons (Fsp3) is 0.115. The van der Waals surface area contributed by atoms with Crippen molar-refractivity contribution in [1.82, 2.24) is 0 Å². The Balaban J connectivity index is 1.86. The third kappa shape index (κ3) is 4.56. The summed E-state index contributed by atoms with van der Waals surface area (Å²) in [6.45, 7) is 1.87. The maximum atomic E-state index is 13.2. The van der Waals surface area contributed by atoms with E-state index in [2.05, 4.69) is 0 Å². The van der Waals surface area contributed by atoms with Gasteiger partial charge in [-0.2, -0.15) is 0 Å². The van der Waals surface area contributed by atoms with Crippen molar-refractivity contribution >= 4 is 46.4 Å². The summed E-state index contributed by atoms with van der Waals surface area (Å²) in [7, 11) is 0. The minimum Gasteiger partial charge on any atom is -0.507 e. The van der Waals surface area contributed by atoms with Crippen LogP contribution >= 0.6 is 11.6 Å². The summed E-state index contributed by atoms with van der Waals surface area (Å²) in [4.78, 5) is 50.1. The van der Waals surface area contributed by atoms with Crippen LogP contribution in [-0.2, 0) is 14.3 Å². The van der Waals surface area contributed by atoms with Gasteiger partial charge in [0.25, 0.3) is 17.4 Å². The summed E-state index contributed by atoms with van der Waals surface area (Å²) < 4.78 is 4.98. The topological polar surface area (TPSA) is 127 Å². The zero-order valence-electron chi connectivity index (χ0n) is 18.9. The van der Waals surface area contributed by atoms with E-state index in [4.69, 9.17) is 16.3 Å². The summed E-state index contributed by atoms with van der Waals surface area (Å²) in [5.74, 6) is -2.79. The van der Waals surface area contributed by atoms with Crippen LogP contribution in [0.4, 0.5) is 11.4 Å². The van der Waals surface area contributed by atoms with Crippen molar-refractivity contribution in [2.45, 2.75) is 13.0 Å². The number of rotatable bonds is 6. The van der Waals surface area contributed by atoms with Crippen LogP contribution in [0.25, 0.3) is 5.76 Å². The molecule has 0 saturated carbocycles. The predicted octanol–water partition coefficient (Wildman–Crippen LogP) is 5.05. The molecule has 1 amide bonds. The molecule has 1 N–H and O–H groups in total. The summed E-state index contributed by atoms with van der Waals surface area (Å²) in [5.41, 5.74) is 0.804. The number of ketones is 1. The average Bonchev–Trinajstić information content (AvgIpc) is 3.14. The number of nitro benzene ring substituents is 1. The molecule has 182 valence electrons. The summed E-state index contributed by atoms with van der Waals surface area (Å²) in [6.07, 6.45) is 0. The Kier molecular flexibility index (Phi) is 6.84. The van der Waals surface area contributed by atoms with Crippen molar-refractivity contribution in [3.05, 3.63) is 110 Å². The van der Waals surface area contributed by atoms with E-state index in [-0.39, 0.29) is 34.7 Å². The van der Waals surface area contributed by atoms with Gasteiger partial charge < -0.3 is 9.84 Å². The lowest BCUT2D eigenvalue weighted by atomic mass is 9.95. The number of hydrogen-bond acceptors (Lipinski definition) is 7. The lowest BCUT2D eigenvalue weighted by Crippen LogP contribution is -2.29. The monoisotopic (exact) mass is 506 g/mol. The standard InChI is InChI=1S/C26H19ClN2O7/c1-2-36-26(33)17-7-11-19(12-8-17)28-22(15-5-13-20(14-6-15)29(34)35)21(24(31)25(28)32)23(30)16-3-9-18(27)10-4-16/h3-14,22,30H,2H2,1H3/b23-21-/t22-/m1/s1. The van der Waals surface area contributed by atoms with Gasteiger partial charge in [-0.15, -0.1) is 0 Å². The molecule has 0 unspecified atom stereocenters. The Morgan fingerprint density at radius 1 is 1.00 bits per heavy atom. The summed E-state index contributed by atoms with van der Waals surface area (Å²) >= 11 is 5.94. The van der Waals surface area contributed by atoms with Crippen molar-refractivity contribution in [3.63, 3.8) is 0 Å². The highest BCUT2D eigenvalue weighted by Gasteiger charge is 2.47. The van der Waals surface area contributed by atoms with Crippen LogP contribution in [0, 0.1) is 10.1 Å². The van der Waals surface area contributed by atoms with Crippen molar-refractivity contribution in [3.8, 4) is 0 Å². The first-order valence-corrected chi connectivity index (χ1v) is 11.2. The molecular formula is C26H19ClN2O7. The van der Waals surface area contributed by atoms with E-state index >= 15 is 0 Å². The van der Waals surface area contributed by atoms with Crippen LogP contribution in [0.3, 0.4) is 0 Å². The molecular weight excluding hydrogens is 488 g/mol. The number of esters is 1. The summed E-state index contributed by atoms with van der Waals surface area (Å²) in [5, 5.41) is 22.6. The Hall–Kier alpha value is -4.50. The molecule has 1 fully saturated rings. The molecule has 0 aromatic heterocycles. The van der Waals surface area contributed by atoms with Gasteiger partial charge in [0.1, 0.15) is 5.76 Å². The van der Waals surface area contributed by atoms with E-state index < -0.39 is 34.4 Å². The number of benzene rings is 3. The minimum absolute atomic E-state index is 0.174. The number of nitrogens with zero attached hydrogens (tertiary/aromatic N) is 2. The quantitative estimate of drug-likeness (QED) is 0.124. The second-order valence-electron chi connectivity index (χ2n) is 7.79. The number of halogens is 1. The first-order chi connectivity index (χ1) is 17.2. The Morgan fingerprint density at radius 2 is 1.58 bits per heavy atom. The van der Waals surface area contributed by atoms with Crippen molar-refractivity contribution in [2.75, 3.05) is 11.5 Å². The van der Waals surface area contributed by atoms with Crippen LogP contribution in [-0.4, -0.2) is 34.3 Å². The highest BCUT2D eigenvalue weighted by atomic mass is 35.5. The van der Waals surface area contributed by atoms with Gasteiger partial charge in [-0.1, -0.05) is 11.6 Å². The Morgan fingerprint density at radius 3 is 2.14 bits per heavy atom. The van der Waals surface area contributed by atoms with Gasteiger partial charge in [-0.25, -0.2) is 4.79 Å². The van der Waals surface area contributed by atoms with E-state index in [9.17, 15) is 29.6 Å². The number of hydrogen-bond donors (Lipinski definition) is 1. The number of carbonyl (C=O) groups is 3. The van der Waals surface area contributed by atoms with Crippen LogP contribution in [0.15, 0.2) is 78.4 Å². The molecule has 1 aliphatic heterocycles. The molecule has 1 heterocycles. The van der Waals surface area contributed by atoms with E-state index in [0.717, 1.165) is 0 Å². The van der Waals surface area contributed by atoms with Gasteiger partial charge in [0.2, 0.25) is 0 Å². The number of amides is 1. The maximum absolute atomic E-state index is 13.2. The fourth-order valence-corrected chi connectivity index (χ4v) is 4.05. The molecule has 1 atom stereocenters. The van der Waals surface area contributed by atoms with Crippen LogP contribution in [0.2, 0.25) is 5.02 Å². The molecule has 0 spiro atoms. The van der Waals surface area contributed by atoms with Gasteiger partial charge >= 0.3 is 5.97 Å². The number of aliphatic hydroxyl groups excluding tert-OH is 1. The van der Waals surface area contributed by atoms with E-state index in [1.54, 1.807) is 6.92 Å². The molecule has 4 rings (SSSR count). The Labute approximate surface area is 210 Å². The minimum atomic E-state index is -1.09. The molecule has 0 radical (unpaired) electrons. The molecule has 0 aliphatic carbocycles. The van der Waals surface area contributed by atoms with Gasteiger partial charge in [0.05, 0.1) is 28.7 Å². The van der Waals surface area contributed by atoms with Gasteiger partial charge in [0, 0.05) is 28.4 Å². The van der Waals surface area contributed by atoms with Crippen molar-refractivity contribution in [1.29, 1.82) is 0 Å². The zero-order chi connectivity index (χ0) is 26.0. The van der Waals surface area contributed by atoms with Crippen molar-refractivity contribution in [2.24, 2.45) is 0 Å². The third-order valence-electron chi connectivity index (χ3n) is 5.64. The predicted molar refractivity (Wildman–Crippen MR) is 132 cm³/mol. The van der Waals surface area contributed by atoms with Crippen LogP contribution in [0.5, 0.6) is 0 Å². The lowest BCUT2D eigenvalue weighted by molar-refractivity contribution is -0.384. The zero-order valence-corrected chi connectivity index (χ0v) is 19.6. The third-order valence-corrected chi connectivity index (χ3v) is 5.89. The second-order valence-corrected chi connectivity index (χ2v) is 8.23. The maximum Gasteiger partial charge on any atom is 0.338 e. The van der Waals surface area contributed by atoms with Gasteiger partial charge in [0.15, 0.2) is 0 Å². The molecule has 3 aromatic rings. The fourth-order valence-electron chi connectivity index (χ4n) is 3.93. The molecule has 10 heteroatoms. The summed E-state index contributed by atoms with van der Waals surface area (Å²) in [6, 6.07) is 16.2. The molecule has 3 aromatic carbocycles. The number of nitro groups is 1. The van der Waals surface area contributed by atoms with Crippen LogP contribution in [0.1, 0.15) is 34.5 Å². The average molecular weight is 507 g/mol. The van der Waals surface area contributed by atoms with Crippen LogP contribution < -0.4 is 4.90 Å². The SMILES string of the molecule is CCOC(=O)c1ccc(N2C(=O)C(=O)/C(=C(\O)c3ccc(Cl)cc3)[C@H]2c2ccc([N+](=O)[O-])cc2)cc1. The Bertz CT molecular complexity index is 1380. The largest absolute Gasteiger partial charge is 0.507 e. The van der Waals surface area contributed by atoms with Crippen molar-refractivity contribution < 1.29 is 29.2 Å². The molecule has 1 aliphatic rings. The first-order valence-electron chi connectivity index (χ1n) is 10.8. The molecule has 9 nitrogen and oxygen atoms in total. The number of ether oxygens (including phenoxy) is 1. The van der Waals surface area contributed by atoms with E-state index in [1.807, 2.05) is 0 Å². The number of Topliss-reactive ketones (excluding diaryl/α,β-unsaturated/α-hetero) is 1.